The van der Waals surface area contributed by atoms with Crippen molar-refractivity contribution in [3.63, 3.8) is 0 Å². The molecule has 2 N–H and O–H groups in total. The van der Waals surface area contributed by atoms with Gasteiger partial charge < -0.3 is 15.5 Å². The van der Waals surface area contributed by atoms with E-state index in [2.05, 4.69) is 15.5 Å². The van der Waals surface area contributed by atoms with E-state index in [9.17, 15) is 4.79 Å². The third kappa shape index (κ3) is 3.93. The van der Waals surface area contributed by atoms with Crippen molar-refractivity contribution in [2.75, 3.05) is 26.2 Å². The van der Waals surface area contributed by atoms with E-state index in [1.165, 1.54) is 58.2 Å². The van der Waals surface area contributed by atoms with Gasteiger partial charge in [-0.15, -0.1) is 0 Å². The van der Waals surface area contributed by atoms with Gasteiger partial charge in [0.1, 0.15) is 0 Å². The molecule has 3 fully saturated rings. The van der Waals surface area contributed by atoms with Gasteiger partial charge in [0.25, 0.3) is 0 Å². The van der Waals surface area contributed by atoms with E-state index in [4.69, 9.17) is 0 Å². The molecule has 0 bridgehead atoms. The molecule has 0 radical (unpaired) electrons. The van der Waals surface area contributed by atoms with Crippen molar-refractivity contribution in [3.05, 3.63) is 0 Å². The molecule has 0 aromatic rings. The van der Waals surface area contributed by atoms with E-state index in [1.807, 2.05) is 0 Å². The number of amides is 1. The fourth-order valence-corrected chi connectivity index (χ4v) is 3.52. The quantitative estimate of drug-likeness (QED) is 0.783. The molecule has 3 aliphatic rings. The fraction of sp³-hybridized carbons (Fsp3) is 0.933. The van der Waals surface area contributed by atoms with Crippen molar-refractivity contribution in [1.29, 1.82) is 0 Å². The largest absolute Gasteiger partial charge is 0.353 e. The Morgan fingerprint density at radius 3 is 2.84 bits per heavy atom. The van der Waals surface area contributed by atoms with E-state index < -0.39 is 0 Å². The van der Waals surface area contributed by atoms with Crippen molar-refractivity contribution >= 4 is 5.91 Å². The normalized spacial score (nSPS) is 32.4. The lowest BCUT2D eigenvalue weighted by Gasteiger charge is -2.35. The molecule has 2 saturated heterocycles. The Kier molecular flexibility index (Phi) is 4.38. The minimum Gasteiger partial charge on any atom is -0.353 e. The molecular formula is C15H27N3O. The molecule has 0 spiro atoms. The highest BCUT2D eigenvalue weighted by Crippen LogP contribution is 2.24. The second-order valence-corrected chi connectivity index (χ2v) is 6.50. The van der Waals surface area contributed by atoms with Gasteiger partial charge in [0.2, 0.25) is 5.91 Å². The number of hydrogen-bond donors (Lipinski definition) is 2. The average Bonchev–Trinajstić information content (AvgIpc) is 3.07. The van der Waals surface area contributed by atoms with Crippen molar-refractivity contribution in [1.82, 2.24) is 15.5 Å². The Bertz CT molecular complexity index is 311. The van der Waals surface area contributed by atoms with Crippen LogP contribution in [0.3, 0.4) is 0 Å². The summed E-state index contributed by atoms with van der Waals surface area (Å²) in [6.07, 6.45) is 8.40. The Morgan fingerprint density at radius 2 is 2.11 bits per heavy atom. The number of piperidine rings is 1. The Morgan fingerprint density at radius 1 is 1.21 bits per heavy atom. The first-order valence-corrected chi connectivity index (χ1v) is 8.06. The summed E-state index contributed by atoms with van der Waals surface area (Å²) < 4.78 is 0. The highest BCUT2D eigenvalue weighted by molar-refractivity contribution is 5.76. The van der Waals surface area contributed by atoms with Crippen LogP contribution < -0.4 is 10.6 Å². The first kappa shape index (κ1) is 13.4. The number of hydrogen-bond acceptors (Lipinski definition) is 3. The SMILES string of the molecule is O=C(CCN1CCCC(C2CCCN2)C1)NC1CC1. The third-order valence-electron chi connectivity index (χ3n) is 4.81. The molecule has 4 nitrogen and oxygen atoms in total. The smallest absolute Gasteiger partial charge is 0.221 e. The van der Waals surface area contributed by atoms with E-state index in [-0.39, 0.29) is 5.91 Å². The molecule has 3 rings (SSSR count). The fourth-order valence-electron chi connectivity index (χ4n) is 3.52. The summed E-state index contributed by atoms with van der Waals surface area (Å²) in [5, 5.41) is 6.72. The van der Waals surface area contributed by atoms with Crippen LogP contribution in [0.1, 0.15) is 44.9 Å². The monoisotopic (exact) mass is 265 g/mol. The van der Waals surface area contributed by atoms with Crippen molar-refractivity contribution in [2.45, 2.75) is 57.0 Å². The van der Waals surface area contributed by atoms with Crippen LogP contribution in [0, 0.1) is 5.92 Å². The predicted octanol–water partition coefficient (Wildman–Crippen LogP) is 1.12. The summed E-state index contributed by atoms with van der Waals surface area (Å²) in [6, 6.07) is 1.24. The molecule has 2 aliphatic heterocycles. The maximum absolute atomic E-state index is 11.7. The molecule has 0 aromatic carbocycles. The second-order valence-electron chi connectivity index (χ2n) is 6.50. The van der Waals surface area contributed by atoms with Gasteiger partial charge in [-0.25, -0.2) is 0 Å². The first-order valence-electron chi connectivity index (χ1n) is 8.06. The van der Waals surface area contributed by atoms with Crippen LogP contribution in [0.5, 0.6) is 0 Å². The van der Waals surface area contributed by atoms with Crippen molar-refractivity contribution in [2.24, 2.45) is 5.92 Å². The second kappa shape index (κ2) is 6.23. The van der Waals surface area contributed by atoms with Gasteiger partial charge in [-0.1, -0.05) is 0 Å². The van der Waals surface area contributed by atoms with Gasteiger partial charge in [-0.05, 0) is 57.5 Å². The van der Waals surface area contributed by atoms with Crippen molar-refractivity contribution < 1.29 is 4.79 Å². The lowest BCUT2D eigenvalue weighted by Crippen LogP contribution is -2.44. The zero-order valence-electron chi connectivity index (χ0n) is 11.9. The summed E-state index contributed by atoms with van der Waals surface area (Å²) in [6.45, 7) is 4.51. The summed E-state index contributed by atoms with van der Waals surface area (Å²) in [7, 11) is 0. The molecule has 0 aromatic heterocycles. The van der Waals surface area contributed by atoms with Crippen LogP contribution in [0.4, 0.5) is 0 Å². The zero-order valence-corrected chi connectivity index (χ0v) is 11.9. The summed E-state index contributed by atoms with van der Waals surface area (Å²) in [5.74, 6) is 1.06. The molecule has 1 aliphatic carbocycles. The first-order chi connectivity index (χ1) is 9.31. The molecular weight excluding hydrogens is 238 g/mol. The number of rotatable bonds is 5. The van der Waals surface area contributed by atoms with Gasteiger partial charge in [0.05, 0.1) is 0 Å². The van der Waals surface area contributed by atoms with Gasteiger partial charge in [-0.3, -0.25) is 4.79 Å². The van der Waals surface area contributed by atoms with Gasteiger partial charge >= 0.3 is 0 Å². The van der Waals surface area contributed by atoms with Gasteiger partial charge in [0, 0.05) is 31.6 Å². The summed E-state index contributed by atoms with van der Waals surface area (Å²) >= 11 is 0. The predicted molar refractivity (Wildman–Crippen MR) is 76.0 cm³/mol. The Hall–Kier alpha value is -0.610. The molecule has 4 heteroatoms. The molecule has 1 saturated carbocycles. The van der Waals surface area contributed by atoms with Gasteiger partial charge in [0.15, 0.2) is 0 Å². The summed E-state index contributed by atoms with van der Waals surface area (Å²) in [5.41, 5.74) is 0. The zero-order chi connectivity index (χ0) is 13.1. The van der Waals surface area contributed by atoms with Crippen LogP contribution >= 0.6 is 0 Å². The molecule has 19 heavy (non-hydrogen) atoms. The molecule has 2 atom stereocenters. The highest BCUT2D eigenvalue weighted by atomic mass is 16.1. The lowest BCUT2D eigenvalue weighted by atomic mass is 9.90. The molecule has 108 valence electrons. The van der Waals surface area contributed by atoms with E-state index in [1.54, 1.807) is 0 Å². The Balaban J connectivity index is 1.38. The van der Waals surface area contributed by atoms with E-state index in [0.29, 0.717) is 12.5 Å². The molecule has 2 heterocycles. The average molecular weight is 265 g/mol. The van der Waals surface area contributed by atoms with Crippen LogP contribution in [-0.2, 0) is 4.79 Å². The number of carbonyl (C=O) groups is 1. The summed E-state index contributed by atoms with van der Waals surface area (Å²) in [4.78, 5) is 14.2. The minimum absolute atomic E-state index is 0.253. The maximum atomic E-state index is 11.7. The van der Waals surface area contributed by atoms with E-state index >= 15 is 0 Å². The number of likely N-dealkylation sites (tertiary alicyclic amines) is 1. The standard InChI is InChI=1S/C15H27N3O/c19-15(17-13-5-6-13)7-10-18-9-2-3-12(11-18)14-4-1-8-16-14/h12-14,16H,1-11H2,(H,17,19). The van der Waals surface area contributed by atoms with Gasteiger partial charge in [-0.2, -0.15) is 0 Å². The van der Waals surface area contributed by atoms with Crippen LogP contribution in [0.2, 0.25) is 0 Å². The maximum Gasteiger partial charge on any atom is 0.221 e. The number of nitrogens with one attached hydrogen (secondary N) is 2. The number of carbonyl (C=O) groups excluding carboxylic acids is 1. The third-order valence-corrected chi connectivity index (χ3v) is 4.81. The lowest BCUT2D eigenvalue weighted by molar-refractivity contribution is -0.121. The van der Waals surface area contributed by atoms with Crippen LogP contribution in [0.15, 0.2) is 0 Å². The van der Waals surface area contributed by atoms with Crippen LogP contribution in [-0.4, -0.2) is 49.1 Å². The Labute approximate surface area is 116 Å². The van der Waals surface area contributed by atoms with E-state index in [0.717, 1.165) is 18.5 Å². The topological polar surface area (TPSA) is 44.4 Å². The molecule has 2 unspecified atom stereocenters. The van der Waals surface area contributed by atoms with Crippen LogP contribution in [0.25, 0.3) is 0 Å². The number of nitrogens with zero attached hydrogens (tertiary/aromatic N) is 1. The highest BCUT2D eigenvalue weighted by Gasteiger charge is 2.29. The molecule has 1 amide bonds. The van der Waals surface area contributed by atoms with Crippen molar-refractivity contribution in [3.8, 4) is 0 Å². The minimum atomic E-state index is 0.253.